The Morgan fingerprint density at radius 2 is 2.22 bits per heavy atom. The fourth-order valence-electron chi connectivity index (χ4n) is 1.45. The van der Waals surface area contributed by atoms with E-state index in [0.717, 1.165) is 11.6 Å². The Balaban J connectivity index is 2.20. The van der Waals surface area contributed by atoms with Crippen molar-refractivity contribution >= 4 is 6.29 Å². The summed E-state index contributed by atoms with van der Waals surface area (Å²) in [7, 11) is 0. The zero-order chi connectivity index (χ0) is 13.0. The van der Waals surface area contributed by atoms with Gasteiger partial charge in [0.15, 0.2) is 17.9 Å². The van der Waals surface area contributed by atoms with Crippen molar-refractivity contribution in [3.8, 4) is 11.5 Å². The van der Waals surface area contributed by atoms with E-state index in [2.05, 4.69) is 4.98 Å². The SMILES string of the molecule is O=Cc1c(OCc2cccnc2)ccc(F)c1O. The van der Waals surface area contributed by atoms with Crippen LogP contribution in [-0.2, 0) is 6.61 Å². The number of carbonyl (C=O) groups excluding carboxylic acids is 1. The summed E-state index contributed by atoms with van der Waals surface area (Å²) in [4.78, 5) is 14.7. The second kappa shape index (κ2) is 5.27. The molecule has 0 aliphatic heterocycles. The largest absolute Gasteiger partial charge is 0.504 e. The van der Waals surface area contributed by atoms with E-state index in [0.29, 0.717) is 6.29 Å². The molecule has 0 saturated carbocycles. The van der Waals surface area contributed by atoms with Gasteiger partial charge in [-0.15, -0.1) is 0 Å². The summed E-state index contributed by atoms with van der Waals surface area (Å²) in [5.41, 5.74) is 0.608. The van der Waals surface area contributed by atoms with Crippen LogP contribution in [0.4, 0.5) is 4.39 Å². The number of carbonyl (C=O) groups is 1. The summed E-state index contributed by atoms with van der Waals surface area (Å²) in [5.74, 6) is -1.42. The molecule has 0 fully saturated rings. The zero-order valence-corrected chi connectivity index (χ0v) is 9.34. The molecule has 2 rings (SSSR count). The molecular weight excluding hydrogens is 237 g/mol. The van der Waals surface area contributed by atoms with Crippen molar-refractivity contribution in [3.63, 3.8) is 0 Å². The number of aromatic hydroxyl groups is 1. The highest BCUT2D eigenvalue weighted by molar-refractivity contribution is 5.83. The molecule has 0 unspecified atom stereocenters. The lowest BCUT2D eigenvalue weighted by molar-refractivity contribution is 0.111. The molecule has 0 bridgehead atoms. The summed E-state index contributed by atoms with van der Waals surface area (Å²) in [6.07, 6.45) is 3.60. The molecule has 1 aromatic heterocycles. The Hall–Kier alpha value is -2.43. The highest BCUT2D eigenvalue weighted by atomic mass is 19.1. The van der Waals surface area contributed by atoms with E-state index in [1.165, 1.54) is 6.07 Å². The van der Waals surface area contributed by atoms with Gasteiger partial charge in [-0.2, -0.15) is 0 Å². The number of aldehydes is 1. The molecular formula is C13H10FNO3. The van der Waals surface area contributed by atoms with Crippen LogP contribution in [0, 0.1) is 5.82 Å². The molecule has 0 saturated heterocycles. The molecule has 0 aliphatic carbocycles. The first kappa shape index (κ1) is 12.0. The lowest BCUT2D eigenvalue weighted by atomic mass is 10.2. The van der Waals surface area contributed by atoms with E-state index in [1.807, 2.05) is 0 Å². The van der Waals surface area contributed by atoms with E-state index in [4.69, 9.17) is 4.74 Å². The van der Waals surface area contributed by atoms with Gasteiger partial charge in [-0.1, -0.05) is 6.07 Å². The van der Waals surface area contributed by atoms with Crippen molar-refractivity contribution in [3.05, 3.63) is 53.6 Å². The van der Waals surface area contributed by atoms with Gasteiger partial charge in [-0.25, -0.2) is 4.39 Å². The number of hydrogen-bond acceptors (Lipinski definition) is 4. The zero-order valence-electron chi connectivity index (χ0n) is 9.34. The quantitative estimate of drug-likeness (QED) is 0.842. The molecule has 1 N–H and O–H groups in total. The Morgan fingerprint density at radius 1 is 1.39 bits per heavy atom. The van der Waals surface area contributed by atoms with Gasteiger partial charge in [0.25, 0.3) is 0 Å². The van der Waals surface area contributed by atoms with E-state index < -0.39 is 11.6 Å². The van der Waals surface area contributed by atoms with Gasteiger partial charge in [-0.05, 0) is 18.2 Å². The second-order valence-corrected chi connectivity index (χ2v) is 3.58. The maximum atomic E-state index is 13.0. The number of ether oxygens (including phenoxy) is 1. The molecule has 5 heteroatoms. The van der Waals surface area contributed by atoms with Crippen LogP contribution in [-0.4, -0.2) is 16.4 Å². The van der Waals surface area contributed by atoms with Gasteiger partial charge in [-0.3, -0.25) is 9.78 Å². The van der Waals surface area contributed by atoms with Crippen LogP contribution in [0.5, 0.6) is 11.5 Å². The summed E-state index contributed by atoms with van der Waals surface area (Å²) < 4.78 is 18.4. The van der Waals surface area contributed by atoms with Crippen LogP contribution in [0.2, 0.25) is 0 Å². The Labute approximate surface area is 103 Å². The lowest BCUT2D eigenvalue weighted by Gasteiger charge is -2.09. The van der Waals surface area contributed by atoms with E-state index in [9.17, 15) is 14.3 Å². The lowest BCUT2D eigenvalue weighted by Crippen LogP contribution is -1.99. The summed E-state index contributed by atoms with van der Waals surface area (Å²) in [6.45, 7) is 0.180. The average molecular weight is 247 g/mol. The van der Waals surface area contributed by atoms with Crippen molar-refractivity contribution in [1.29, 1.82) is 0 Å². The monoisotopic (exact) mass is 247 g/mol. The minimum Gasteiger partial charge on any atom is -0.504 e. The van der Waals surface area contributed by atoms with Crippen LogP contribution >= 0.6 is 0 Å². The predicted molar refractivity (Wildman–Crippen MR) is 62.0 cm³/mol. The standard InChI is InChI=1S/C13H10FNO3/c14-11-3-4-12(10(7-16)13(11)17)18-8-9-2-1-5-15-6-9/h1-7,17H,8H2. The fourth-order valence-corrected chi connectivity index (χ4v) is 1.45. The Bertz CT molecular complexity index is 558. The number of rotatable bonds is 4. The minimum atomic E-state index is -0.856. The van der Waals surface area contributed by atoms with Crippen molar-refractivity contribution in [1.82, 2.24) is 4.98 Å². The van der Waals surface area contributed by atoms with E-state index in [-0.39, 0.29) is 17.9 Å². The maximum Gasteiger partial charge on any atom is 0.165 e. The van der Waals surface area contributed by atoms with Crippen LogP contribution in [0.3, 0.4) is 0 Å². The molecule has 2 aromatic rings. The molecule has 4 nitrogen and oxygen atoms in total. The number of phenolic OH excluding ortho intramolecular Hbond substituents is 1. The van der Waals surface area contributed by atoms with Crippen molar-refractivity contribution < 1.29 is 19.0 Å². The predicted octanol–water partition coefficient (Wildman–Crippen LogP) is 2.32. The average Bonchev–Trinajstić information content (AvgIpc) is 2.41. The normalized spacial score (nSPS) is 10.1. The topological polar surface area (TPSA) is 59.4 Å². The molecule has 0 aliphatic rings. The molecule has 18 heavy (non-hydrogen) atoms. The third kappa shape index (κ3) is 2.45. The minimum absolute atomic E-state index is 0.132. The number of halogens is 1. The molecule has 0 atom stereocenters. The fraction of sp³-hybridized carbons (Fsp3) is 0.0769. The number of hydrogen-bond donors (Lipinski definition) is 1. The smallest absolute Gasteiger partial charge is 0.165 e. The van der Waals surface area contributed by atoms with Gasteiger partial charge in [0.1, 0.15) is 17.9 Å². The van der Waals surface area contributed by atoms with Crippen LogP contribution in [0.25, 0.3) is 0 Å². The number of phenols is 1. The number of nitrogens with zero attached hydrogens (tertiary/aromatic N) is 1. The third-order valence-corrected chi connectivity index (χ3v) is 2.36. The highest BCUT2D eigenvalue weighted by Gasteiger charge is 2.13. The van der Waals surface area contributed by atoms with Crippen molar-refractivity contribution in [2.75, 3.05) is 0 Å². The van der Waals surface area contributed by atoms with Crippen LogP contribution in [0.1, 0.15) is 15.9 Å². The van der Waals surface area contributed by atoms with Gasteiger partial charge < -0.3 is 9.84 Å². The second-order valence-electron chi connectivity index (χ2n) is 3.58. The first-order valence-electron chi connectivity index (χ1n) is 5.20. The number of pyridine rings is 1. The molecule has 1 aromatic carbocycles. The maximum absolute atomic E-state index is 13.0. The summed E-state index contributed by atoms with van der Waals surface area (Å²) in [6, 6.07) is 5.90. The number of aromatic nitrogens is 1. The number of benzene rings is 1. The van der Waals surface area contributed by atoms with Gasteiger partial charge >= 0.3 is 0 Å². The summed E-state index contributed by atoms with van der Waals surface area (Å²) in [5, 5.41) is 9.38. The first-order valence-corrected chi connectivity index (χ1v) is 5.20. The molecule has 0 spiro atoms. The molecule has 0 amide bonds. The van der Waals surface area contributed by atoms with Gasteiger partial charge in [0.2, 0.25) is 0 Å². The van der Waals surface area contributed by atoms with Crippen LogP contribution < -0.4 is 4.74 Å². The summed E-state index contributed by atoms with van der Waals surface area (Å²) >= 11 is 0. The van der Waals surface area contributed by atoms with Crippen molar-refractivity contribution in [2.45, 2.75) is 6.61 Å². The first-order chi connectivity index (χ1) is 8.72. The molecule has 1 heterocycles. The van der Waals surface area contributed by atoms with E-state index >= 15 is 0 Å². The highest BCUT2D eigenvalue weighted by Crippen LogP contribution is 2.29. The molecule has 0 radical (unpaired) electrons. The Morgan fingerprint density at radius 3 is 2.89 bits per heavy atom. The van der Waals surface area contributed by atoms with Gasteiger partial charge in [0, 0.05) is 18.0 Å². The van der Waals surface area contributed by atoms with E-state index in [1.54, 1.807) is 24.5 Å². The Kier molecular flexibility index (Phi) is 3.52. The molecule has 92 valence electrons. The van der Waals surface area contributed by atoms with Gasteiger partial charge in [0.05, 0.1) is 0 Å². The third-order valence-electron chi connectivity index (χ3n) is 2.36. The van der Waals surface area contributed by atoms with Crippen molar-refractivity contribution in [2.24, 2.45) is 0 Å². The van der Waals surface area contributed by atoms with Crippen LogP contribution in [0.15, 0.2) is 36.7 Å².